The van der Waals surface area contributed by atoms with Crippen molar-refractivity contribution in [2.75, 3.05) is 5.32 Å². The van der Waals surface area contributed by atoms with Crippen LogP contribution in [0.2, 0.25) is 0 Å². The molecule has 0 radical (unpaired) electrons. The van der Waals surface area contributed by atoms with E-state index in [1.165, 1.54) is 0 Å². The van der Waals surface area contributed by atoms with Crippen LogP contribution in [0.1, 0.15) is 11.7 Å². The molecular weight excluding hydrogens is 454 g/mol. The summed E-state index contributed by atoms with van der Waals surface area (Å²) in [5.41, 5.74) is 10.3. The number of anilines is 1. The van der Waals surface area contributed by atoms with Crippen LogP contribution in [0.4, 0.5) is 5.95 Å². The van der Waals surface area contributed by atoms with Gasteiger partial charge in [0.05, 0.1) is 22.3 Å². The summed E-state index contributed by atoms with van der Waals surface area (Å²) in [6.07, 6.45) is 1.27. The van der Waals surface area contributed by atoms with E-state index >= 15 is 0 Å². The van der Waals surface area contributed by atoms with Gasteiger partial charge in [-0.3, -0.25) is 9.88 Å². The molecule has 0 bridgehead atoms. The predicted octanol–water partition coefficient (Wildman–Crippen LogP) is 4.28. The van der Waals surface area contributed by atoms with Crippen molar-refractivity contribution in [2.45, 2.75) is 6.17 Å². The molecule has 9 heteroatoms. The molecule has 0 unspecified atom stereocenters. The number of hydrogen-bond acceptors (Lipinski definition) is 7. The molecule has 3 aromatic carbocycles. The van der Waals surface area contributed by atoms with Gasteiger partial charge in [0, 0.05) is 17.1 Å². The number of hydrogen-bond donors (Lipinski definition) is 2. The molecule has 174 valence electrons. The van der Waals surface area contributed by atoms with Gasteiger partial charge < -0.3 is 10.2 Å². The topological polar surface area (TPSA) is 116 Å². The second kappa shape index (κ2) is 7.67. The van der Waals surface area contributed by atoms with Crippen molar-refractivity contribution in [1.82, 2.24) is 19.3 Å². The number of para-hydroxylation sites is 4. The SMILES string of the molecule is NC1=N[C@@H](c2cn(-c3ccccc3)nc2-c2cc3ccccc3oc2=O)n2c(nc3ccccc32)N1. The van der Waals surface area contributed by atoms with E-state index in [2.05, 4.69) is 10.3 Å². The standard InChI is InChI=1S/C27H19N7O2/c28-26-30-24(34-21-12-6-5-11-20(21)29-27(34)31-26)19-15-33(17-9-2-1-3-10-17)32-23(19)18-14-16-8-4-7-13-22(16)36-25(18)35/h1-15,24H,(H3,28,29,30,31)/t24-/m1/s1. The summed E-state index contributed by atoms with van der Waals surface area (Å²) in [5, 5.41) is 8.70. The van der Waals surface area contributed by atoms with Gasteiger partial charge in [0.1, 0.15) is 11.3 Å². The molecule has 1 aliphatic rings. The van der Waals surface area contributed by atoms with Crippen molar-refractivity contribution in [1.29, 1.82) is 0 Å². The molecule has 0 saturated carbocycles. The number of aliphatic imine (C=N–C) groups is 1. The van der Waals surface area contributed by atoms with Crippen LogP contribution in [0.15, 0.2) is 105 Å². The highest BCUT2D eigenvalue weighted by molar-refractivity contribution is 5.95. The van der Waals surface area contributed by atoms with Crippen LogP contribution in [0.3, 0.4) is 0 Å². The van der Waals surface area contributed by atoms with E-state index in [0.29, 0.717) is 28.4 Å². The summed E-state index contributed by atoms with van der Waals surface area (Å²) < 4.78 is 9.36. The van der Waals surface area contributed by atoms with Gasteiger partial charge in [0.2, 0.25) is 5.95 Å². The first kappa shape index (κ1) is 20.2. The van der Waals surface area contributed by atoms with E-state index in [-0.39, 0.29) is 5.96 Å². The number of aromatic nitrogens is 4. The second-order valence-electron chi connectivity index (χ2n) is 8.51. The Morgan fingerprint density at radius 2 is 1.72 bits per heavy atom. The summed E-state index contributed by atoms with van der Waals surface area (Å²) >= 11 is 0. The maximum Gasteiger partial charge on any atom is 0.345 e. The van der Waals surface area contributed by atoms with E-state index in [1.54, 1.807) is 10.7 Å². The van der Waals surface area contributed by atoms with E-state index in [1.807, 2.05) is 89.6 Å². The molecule has 7 rings (SSSR count). The van der Waals surface area contributed by atoms with Crippen molar-refractivity contribution in [2.24, 2.45) is 10.7 Å². The number of guanidine groups is 1. The van der Waals surface area contributed by atoms with Crippen LogP contribution >= 0.6 is 0 Å². The number of nitrogens with one attached hydrogen (secondary N) is 1. The first-order chi connectivity index (χ1) is 17.7. The van der Waals surface area contributed by atoms with Gasteiger partial charge in [-0.1, -0.05) is 48.5 Å². The summed E-state index contributed by atoms with van der Waals surface area (Å²) in [4.78, 5) is 22.6. The summed E-state index contributed by atoms with van der Waals surface area (Å²) in [7, 11) is 0. The minimum atomic E-state index is -0.605. The molecule has 9 nitrogen and oxygen atoms in total. The molecule has 3 N–H and O–H groups in total. The van der Waals surface area contributed by atoms with Crippen molar-refractivity contribution >= 4 is 33.9 Å². The number of benzene rings is 3. The second-order valence-corrected chi connectivity index (χ2v) is 8.51. The van der Waals surface area contributed by atoms with Crippen LogP contribution in [-0.2, 0) is 0 Å². The van der Waals surface area contributed by atoms with Crippen molar-refractivity contribution in [3.63, 3.8) is 0 Å². The van der Waals surface area contributed by atoms with Gasteiger partial charge >= 0.3 is 5.63 Å². The maximum absolute atomic E-state index is 13.2. The molecule has 1 aliphatic heterocycles. The maximum atomic E-state index is 13.2. The van der Waals surface area contributed by atoms with Gasteiger partial charge in [0.25, 0.3) is 0 Å². The van der Waals surface area contributed by atoms with Crippen LogP contribution in [0.5, 0.6) is 0 Å². The molecule has 1 atom stereocenters. The zero-order valence-electron chi connectivity index (χ0n) is 18.9. The fraction of sp³-hybridized carbons (Fsp3) is 0.0370. The summed E-state index contributed by atoms with van der Waals surface area (Å²) in [5.74, 6) is 0.796. The van der Waals surface area contributed by atoms with Crippen molar-refractivity contribution in [3.8, 4) is 16.9 Å². The largest absolute Gasteiger partial charge is 0.422 e. The van der Waals surface area contributed by atoms with E-state index < -0.39 is 11.8 Å². The smallest absolute Gasteiger partial charge is 0.345 e. The minimum absolute atomic E-state index is 0.228. The molecule has 6 aromatic rings. The average Bonchev–Trinajstić information content (AvgIpc) is 3.50. The van der Waals surface area contributed by atoms with Crippen LogP contribution in [-0.4, -0.2) is 25.3 Å². The van der Waals surface area contributed by atoms with Crippen LogP contribution in [0, 0.1) is 0 Å². The lowest BCUT2D eigenvalue weighted by molar-refractivity contribution is 0.562. The first-order valence-corrected chi connectivity index (χ1v) is 11.4. The van der Waals surface area contributed by atoms with Crippen molar-refractivity contribution in [3.05, 3.63) is 107 Å². The number of fused-ring (bicyclic) bond motifs is 4. The average molecular weight is 473 g/mol. The highest BCUT2D eigenvalue weighted by Crippen LogP contribution is 2.37. The molecule has 3 aromatic heterocycles. The third-order valence-electron chi connectivity index (χ3n) is 6.28. The van der Waals surface area contributed by atoms with Gasteiger partial charge in [-0.25, -0.2) is 19.5 Å². The first-order valence-electron chi connectivity index (χ1n) is 11.4. The van der Waals surface area contributed by atoms with Gasteiger partial charge in [-0.2, -0.15) is 5.10 Å². The fourth-order valence-corrected chi connectivity index (χ4v) is 4.65. The molecule has 36 heavy (non-hydrogen) atoms. The molecule has 0 spiro atoms. The highest BCUT2D eigenvalue weighted by Gasteiger charge is 2.30. The van der Waals surface area contributed by atoms with Gasteiger partial charge in [0.15, 0.2) is 12.1 Å². The Bertz CT molecular complexity index is 1860. The monoisotopic (exact) mass is 473 g/mol. The van der Waals surface area contributed by atoms with E-state index in [4.69, 9.17) is 20.2 Å². The van der Waals surface area contributed by atoms with E-state index in [9.17, 15) is 4.79 Å². The van der Waals surface area contributed by atoms with Crippen LogP contribution < -0.4 is 16.7 Å². The Hall–Kier alpha value is -5.18. The Balaban J connectivity index is 1.52. The zero-order chi connectivity index (χ0) is 24.2. The van der Waals surface area contributed by atoms with Gasteiger partial charge in [-0.05, 0) is 36.4 Å². The van der Waals surface area contributed by atoms with Crippen molar-refractivity contribution < 1.29 is 4.42 Å². The Labute approximate surface area is 204 Å². The zero-order valence-corrected chi connectivity index (χ0v) is 18.9. The Kier molecular flexibility index (Phi) is 4.31. The molecule has 0 aliphatic carbocycles. The molecule has 0 saturated heterocycles. The molecule has 0 fully saturated rings. The summed E-state index contributed by atoms with van der Waals surface area (Å²) in [6, 6.07) is 26.7. The lowest BCUT2D eigenvalue weighted by Gasteiger charge is -2.23. The number of nitrogens with zero attached hydrogens (tertiary/aromatic N) is 5. The summed E-state index contributed by atoms with van der Waals surface area (Å²) in [6.45, 7) is 0. The third kappa shape index (κ3) is 3.10. The molecular formula is C27H19N7O2. The number of imidazole rings is 1. The minimum Gasteiger partial charge on any atom is -0.422 e. The molecule has 0 amide bonds. The Morgan fingerprint density at radius 1 is 0.944 bits per heavy atom. The normalized spacial score (nSPS) is 15.0. The van der Waals surface area contributed by atoms with E-state index in [0.717, 1.165) is 22.1 Å². The van der Waals surface area contributed by atoms with Gasteiger partial charge in [-0.15, -0.1) is 0 Å². The lowest BCUT2D eigenvalue weighted by atomic mass is 10.1. The van der Waals surface area contributed by atoms with Crippen LogP contribution in [0.25, 0.3) is 38.9 Å². The molecule has 4 heterocycles. The highest BCUT2D eigenvalue weighted by atomic mass is 16.4. The predicted molar refractivity (Wildman–Crippen MR) is 138 cm³/mol. The number of nitrogens with two attached hydrogens (primary N) is 1. The Morgan fingerprint density at radius 3 is 2.61 bits per heavy atom. The fourth-order valence-electron chi connectivity index (χ4n) is 4.65. The lowest BCUT2D eigenvalue weighted by Crippen LogP contribution is -2.31. The number of rotatable bonds is 3. The quantitative estimate of drug-likeness (QED) is 0.371. The third-order valence-corrected chi connectivity index (χ3v) is 6.28.